The van der Waals surface area contributed by atoms with Crippen LogP contribution in [0.5, 0.6) is 0 Å². The third kappa shape index (κ3) is 3.97. The molecular weight excluding hydrogens is 291 g/mol. The maximum absolute atomic E-state index is 12.9. The molecule has 1 aliphatic rings. The van der Waals surface area contributed by atoms with Crippen LogP contribution < -0.4 is 5.32 Å². The summed E-state index contributed by atoms with van der Waals surface area (Å²) in [7, 11) is 0. The average Bonchev–Trinajstić information content (AvgIpc) is 2.62. The van der Waals surface area contributed by atoms with Gasteiger partial charge in [0.05, 0.1) is 0 Å². The maximum atomic E-state index is 12.9. The van der Waals surface area contributed by atoms with E-state index < -0.39 is 0 Å². The Morgan fingerprint density at radius 3 is 2.48 bits per heavy atom. The Bertz CT molecular complexity index is 695. The molecule has 0 atom stereocenters. The average molecular weight is 310 g/mol. The molecule has 1 N–H and O–H groups in total. The van der Waals surface area contributed by atoms with Crippen LogP contribution in [0.2, 0.25) is 0 Å². The van der Waals surface area contributed by atoms with Gasteiger partial charge in [-0.1, -0.05) is 48.5 Å². The van der Waals surface area contributed by atoms with Crippen molar-refractivity contribution in [2.75, 3.05) is 13.1 Å². The van der Waals surface area contributed by atoms with E-state index in [-0.39, 0.29) is 11.8 Å². The summed E-state index contributed by atoms with van der Waals surface area (Å²) >= 11 is 0. The lowest BCUT2D eigenvalue weighted by atomic mass is 10.00. The van der Waals surface area contributed by atoms with Crippen LogP contribution in [0.15, 0.2) is 60.7 Å². The van der Waals surface area contributed by atoms with Gasteiger partial charge in [0, 0.05) is 19.6 Å². The summed E-state index contributed by atoms with van der Waals surface area (Å²) in [5.41, 5.74) is 3.39. The van der Waals surface area contributed by atoms with Gasteiger partial charge in [-0.25, -0.2) is 9.18 Å². The standard InChI is InChI=1S/C19H19FN2O/c20-18-8-6-15(7-9-18)14-21-19(23)22-12-10-17(11-13-22)16-4-2-1-3-5-16/h1-10H,11-14H2,(H,21,23). The van der Waals surface area contributed by atoms with Gasteiger partial charge in [0.2, 0.25) is 0 Å². The summed E-state index contributed by atoms with van der Waals surface area (Å²) < 4.78 is 12.9. The summed E-state index contributed by atoms with van der Waals surface area (Å²) in [5, 5.41) is 2.88. The molecule has 23 heavy (non-hydrogen) atoms. The molecule has 0 unspecified atom stereocenters. The van der Waals surface area contributed by atoms with Gasteiger partial charge in [-0.2, -0.15) is 0 Å². The third-order valence-corrected chi connectivity index (χ3v) is 4.00. The topological polar surface area (TPSA) is 32.3 Å². The zero-order valence-electron chi connectivity index (χ0n) is 12.8. The van der Waals surface area contributed by atoms with Crippen LogP contribution in [0.25, 0.3) is 5.57 Å². The van der Waals surface area contributed by atoms with Crippen molar-refractivity contribution in [3.05, 3.63) is 77.6 Å². The second kappa shape index (κ2) is 7.09. The van der Waals surface area contributed by atoms with E-state index in [0.717, 1.165) is 12.0 Å². The summed E-state index contributed by atoms with van der Waals surface area (Å²) in [4.78, 5) is 14.0. The number of hydrogen-bond donors (Lipinski definition) is 1. The molecule has 0 bridgehead atoms. The molecular formula is C19H19FN2O. The van der Waals surface area contributed by atoms with Crippen molar-refractivity contribution in [1.82, 2.24) is 10.2 Å². The van der Waals surface area contributed by atoms with Crippen molar-refractivity contribution in [1.29, 1.82) is 0 Å². The summed E-state index contributed by atoms with van der Waals surface area (Å²) in [6.07, 6.45) is 2.96. The number of urea groups is 1. The van der Waals surface area contributed by atoms with Gasteiger partial charge in [0.25, 0.3) is 0 Å². The molecule has 3 rings (SSSR count). The first-order valence-corrected chi connectivity index (χ1v) is 7.74. The molecule has 4 heteroatoms. The summed E-state index contributed by atoms with van der Waals surface area (Å²) in [6, 6.07) is 16.3. The number of halogens is 1. The van der Waals surface area contributed by atoms with Crippen LogP contribution in [0.1, 0.15) is 17.5 Å². The predicted octanol–water partition coefficient (Wildman–Crippen LogP) is 3.82. The molecule has 0 saturated heterocycles. The van der Waals surface area contributed by atoms with Gasteiger partial charge < -0.3 is 10.2 Å². The molecule has 1 aliphatic heterocycles. The van der Waals surface area contributed by atoms with Gasteiger partial charge in [-0.3, -0.25) is 0 Å². The largest absolute Gasteiger partial charge is 0.334 e. The highest BCUT2D eigenvalue weighted by Crippen LogP contribution is 2.21. The number of benzene rings is 2. The molecule has 118 valence electrons. The van der Waals surface area contributed by atoms with Gasteiger partial charge in [0.1, 0.15) is 5.82 Å². The van der Waals surface area contributed by atoms with E-state index in [2.05, 4.69) is 23.5 Å². The highest BCUT2D eigenvalue weighted by molar-refractivity contribution is 5.76. The minimum absolute atomic E-state index is 0.0855. The zero-order chi connectivity index (χ0) is 16.1. The van der Waals surface area contributed by atoms with Crippen LogP contribution in [0.4, 0.5) is 9.18 Å². The normalized spacial score (nSPS) is 14.3. The van der Waals surface area contributed by atoms with E-state index >= 15 is 0 Å². The minimum atomic E-state index is -0.269. The Kier molecular flexibility index (Phi) is 4.71. The summed E-state index contributed by atoms with van der Waals surface area (Å²) in [5.74, 6) is -0.269. The van der Waals surface area contributed by atoms with Crippen molar-refractivity contribution in [3.63, 3.8) is 0 Å². The third-order valence-electron chi connectivity index (χ3n) is 4.00. The van der Waals surface area contributed by atoms with E-state index in [1.807, 2.05) is 18.2 Å². The summed E-state index contributed by atoms with van der Waals surface area (Å²) in [6.45, 7) is 1.72. The Labute approximate surface area is 135 Å². The van der Waals surface area contributed by atoms with Gasteiger partial charge >= 0.3 is 6.03 Å². The lowest BCUT2D eigenvalue weighted by Gasteiger charge is -2.27. The number of amides is 2. The lowest BCUT2D eigenvalue weighted by molar-refractivity contribution is 0.202. The SMILES string of the molecule is O=C(NCc1ccc(F)cc1)N1CC=C(c2ccccc2)CC1. The lowest BCUT2D eigenvalue weighted by Crippen LogP contribution is -2.41. The predicted molar refractivity (Wildman–Crippen MR) is 89.2 cm³/mol. The van der Waals surface area contributed by atoms with Crippen molar-refractivity contribution in [2.45, 2.75) is 13.0 Å². The van der Waals surface area contributed by atoms with Crippen molar-refractivity contribution in [2.24, 2.45) is 0 Å². The van der Waals surface area contributed by atoms with Gasteiger partial charge in [-0.05, 0) is 35.3 Å². The van der Waals surface area contributed by atoms with Crippen molar-refractivity contribution in [3.8, 4) is 0 Å². The Balaban J connectivity index is 1.54. The first-order valence-electron chi connectivity index (χ1n) is 7.74. The molecule has 0 radical (unpaired) electrons. The maximum Gasteiger partial charge on any atom is 0.317 e. The highest BCUT2D eigenvalue weighted by atomic mass is 19.1. The second-order valence-corrected chi connectivity index (χ2v) is 5.58. The Hall–Kier alpha value is -2.62. The van der Waals surface area contributed by atoms with E-state index in [1.165, 1.54) is 23.3 Å². The Morgan fingerprint density at radius 1 is 1.09 bits per heavy atom. The van der Waals surface area contributed by atoms with Crippen LogP contribution >= 0.6 is 0 Å². The fourth-order valence-corrected chi connectivity index (χ4v) is 2.66. The second-order valence-electron chi connectivity index (χ2n) is 5.58. The molecule has 2 aromatic carbocycles. The van der Waals surface area contributed by atoms with Crippen LogP contribution in [0.3, 0.4) is 0 Å². The fourth-order valence-electron chi connectivity index (χ4n) is 2.66. The van der Waals surface area contributed by atoms with Crippen LogP contribution in [-0.4, -0.2) is 24.0 Å². The molecule has 0 saturated carbocycles. The van der Waals surface area contributed by atoms with E-state index in [1.54, 1.807) is 17.0 Å². The number of carbonyl (C=O) groups is 1. The highest BCUT2D eigenvalue weighted by Gasteiger charge is 2.17. The number of rotatable bonds is 3. The smallest absolute Gasteiger partial charge is 0.317 e. The van der Waals surface area contributed by atoms with Crippen molar-refractivity contribution < 1.29 is 9.18 Å². The number of hydrogen-bond acceptors (Lipinski definition) is 1. The number of nitrogens with one attached hydrogen (secondary N) is 1. The van der Waals surface area contributed by atoms with Gasteiger partial charge in [0.15, 0.2) is 0 Å². The van der Waals surface area contributed by atoms with Crippen molar-refractivity contribution >= 4 is 11.6 Å². The molecule has 0 fully saturated rings. The zero-order valence-corrected chi connectivity index (χ0v) is 12.8. The molecule has 3 nitrogen and oxygen atoms in total. The first kappa shape index (κ1) is 15.3. The number of nitrogens with zero attached hydrogens (tertiary/aromatic N) is 1. The molecule has 0 aliphatic carbocycles. The monoisotopic (exact) mass is 310 g/mol. The first-order chi connectivity index (χ1) is 11.2. The van der Waals surface area contributed by atoms with Crippen LogP contribution in [0, 0.1) is 5.82 Å². The van der Waals surface area contributed by atoms with E-state index in [0.29, 0.717) is 19.6 Å². The van der Waals surface area contributed by atoms with E-state index in [4.69, 9.17) is 0 Å². The Morgan fingerprint density at radius 2 is 1.83 bits per heavy atom. The molecule has 2 amide bonds. The number of carbonyl (C=O) groups excluding carboxylic acids is 1. The fraction of sp³-hybridized carbons (Fsp3) is 0.211. The minimum Gasteiger partial charge on any atom is -0.334 e. The quantitative estimate of drug-likeness (QED) is 0.918. The molecule has 2 aromatic rings. The molecule has 0 aromatic heterocycles. The molecule has 0 spiro atoms. The van der Waals surface area contributed by atoms with Crippen LogP contribution in [-0.2, 0) is 6.54 Å². The van der Waals surface area contributed by atoms with E-state index in [9.17, 15) is 9.18 Å². The molecule has 1 heterocycles. The van der Waals surface area contributed by atoms with Gasteiger partial charge in [-0.15, -0.1) is 0 Å².